The molecule has 0 rings (SSSR count). The fraction of sp³-hybridized carbons (Fsp3) is 0.727. The summed E-state index contributed by atoms with van der Waals surface area (Å²) in [6.45, 7) is 6.59. The molecule has 2 nitrogen and oxygen atoms in total. The molecule has 0 aromatic heterocycles. The molecule has 0 aromatic carbocycles. The minimum atomic E-state index is 0.192. The van der Waals surface area contributed by atoms with E-state index in [9.17, 15) is 4.79 Å². The first-order valence-electron chi connectivity index (χ1n) is 5.18. The Bertz CT molecular complexity index is 143. The van der Waals surface area contributed by atoms with Crippen molar-refractivity contribution in [3.8, 4) is 0 Å². The zero-order valence-corrected chi connectivity index (χ0v) is 8.64. The van der Waals surface area contributed by atoms with E-state index in [2.05, 4.69) is 18.8 Å². The lowest BCUT2D eigenvalue weighted by Gasteiger charge is -2.02. The lowest BCUT2D eigenvalue weighted by Crippen LogP contribution is -2.23. The third kappa shape index (κ3) is 9.12. The van der Waals surface area contributed by atoms with Crippen LogP contribution in [0.1, 0.15) is 45.4 Å². The topological polar surface area (TPSA) is 29.1 Å². The highest BCUT2D eigenvalue weighted by Crippen LogP contribution is 1.99. The van der Waals surface area contributed by atoms with Gasteiger partial charge in [0.1, 0.15) is 0 Å². The van der Waals surface area contributed by atoms with Gasteiger partial charge in [-0.1, -0.05) is 19.4 Å². The standard InChI is InChI=1S/C11H21NO/c1-3-5-7-8-9-11(13)12-10-6-4-2/h3H,1,4-10H2,2H3,(H,12,13). The Balaban J connectivity index is 3.15. The Hall–Kier alpha value is -0.790. The van der Waals surface area contributed by atoms with Gasteiger partial charge in [-0.15, -0.1) is 6.58 Å². The third-order valence-corrected chi connectivity index (χ3v) is 1.91. The molecule has 0 unspecified atom stereocenters. The van der Waals surface area contributed by atoms with Crippen molar-refractivity contribution in [3.63, 3.8) is 0 Å². The van der Waals surface area contributed by atoms with E-state index in [-0.39, 0.29) is 5.91 Å². The molecule has 13 heavy (non-hydrogen) atoms. The Morgan fingerprint density at radius 3 is 2.77 bits per heavy atom. The summed E-state index contributed by atoms with van der Waals surface area (Å²) >= 11 is 0. The SMILES string of the molecule is C=CCCCCC(=O)NCCCC. The molecule has 0 aliphatic carbocycles. The molecule has 76 valence electrons. The van der Waals surface area contributed by atoms with Crippen LogP contribution in [0.2, 0.25) is 0 Å². The summed E-state index contributed by atoms with van der Waals surface area (Å²) in [5.74, 6) is 0.192. The van der Waals surface area contributed by atoms with Gasteiger partial charge in [0, 0.05) is 13.0 Å². The van der Waals surface area contributed by atoms with Crippen molar-refractivity contribution in [1.82, 2.24) is 5.32 Å². The fourth-order valence-electron chi connectivity index (χ4n) is 1.07. The molecule has 0 fully saturated rings. The Morgan fingerprint density at radius 2 is 2.15 bits per heavy atom. The first-order valence-corrected chi connectivity index (χ1v) is 5.18. The highest BCUT2D eigenvalue weighted by atomic mass is 16.1. The molecule has 0 radical (unpaired) electrons. The van der Waals surface area contributed by atoms with Crippen LogP contribution in [0.5, 0.6) is 0 Å². The van der Waals surface area contributed by atoms with Crippen molar-refractivity contribution in [2.75, 3.05) is 6.54 Å². The fourth-order valence-corrected chi connectivity index (χ4v) is 1.07. The third-order valence-electron chi connectivity index (χ3n) is 1.91. The van der Waals surface area contributed by atoms with Crippen molar-refractivity contribution in [3.05, 3.63) is 12.7 Å². The molecule has 0 aromatic rings. The van der Waals surface area contributed by atoms with Gasteiger partial charge in [0.2, 0.25) is 5.91 Å². The van der Waals surface area contributed by atoms with E-state index < -0.39 is 0 Å². The van der Waals surface area contributed by atoms with E-state index in [0.717, 1.165) is 38.6 Å². The largest absolute Gasteiger partial charge is 0.356 e. The van der Waals surface area contributed by atoms with Gasteiger partial charge in [-0.2, -0.15) is 0 Å². The summed E-state index contributed by atoms with van der Waals surface area (Å²) in [4.78, 5) is 11.1. The molecule has 0 aliphatic heterocycles. The number of amides is 1. The normalized spacial score (nSPS) is 9.62. The molecule has 0 atom stereocenters. The molecule has 0 spiro atoms. The van der Waals surface area contributed by atoms with E-state index in [1.807, 2.05) is 6.08 Å². The second-order valence-electron chi connectivity index (χ2n) is 3.24. The average Bonchev–Trinajstić information content (AvgIpc) is 2.13. The van der Waals surface area contributed by atoms with Gasteiger partial charge in [-0.25, -0.2) is 0 Å². The van der Waals surface area contributed by atoms with E-state index in [0.29, 0.717) is 6.42 Å². The highest BCUT2D eigenvalue weighted by Gasteiger charge is 1.98. The second kappa shape index (κ2) is 9.30. The number of allylic oxidation sites excluding steroid dienone is 1. The van der Waals surface area contributed by atoms with Crippen LogP contribution in [0.15, 0.2) is 12.7 Å². The minimum absolute atomic E-state index is 0.192. The van der Waals surface area contributed by atoms with Crippen molar-refractivity contribution in [2.45, 2.75) is 45.4 Å². The van der Waals surface area contributed by atoms with E-state index in [1.165, 1.54) is 0 Å². The van der Waals surface area contributed by atoms with Gasteiger partial charge in [0.15, 0.2) is 0 Å². The van der Waals surface area contributed by atoms with E-state index in [1.54, 1.807) is 0 Å². The zero-order chi connectivity index (χ0) is 9.94. The predicted molar refractivity (Wildman–Crippen MR) is 56.6 cm³/mol. The lowest BCUT2D eigenvalue weighted by molar-refractivity contribution is -0.121. The number of carbonyl (C=O) groups is 1. The summed E-state index contributed by atoms with van der Waals surface area (Å²) in [5, 5.41) is 2.90. The molecule has 0 heterocycles. The molecule has 0 aliphatic rings. The number of nitrogens with one attached hydrogen (secondary N) is 1. The van der Waals surface area contributed by atoms with Crippen LogP contribution in [0, 0.1) is 0 Å². The van der Waals surface area contributed by atoms with Gasteiger partial charge >= 0.3 is 0 Å². The molecule has 0 bridgehead atoms. The van der Waals surface area contributed by atoms with Crippen LogP contribution in [-0.4, -0.2) is 12.5 Å². The maximum atomic E-state index is 11.1. The van der Waals surface area contributed by atoms with Crippen LogP contribution in [0.4, 0.5) is 0 Å². The smallest absolute Gasteiger partial charge is 0.219 e. The molecule has 1 N–H and O–H groups in total. The number of hydrogen-bond acceptors (Lipinski definition) is 1. The minimum Gasteiger partial charge on any atom is -0.356 e. The van der Waals surface area contributed by atoms with Crippen LogP contribution in [0.3, 0.4) is 0 Å². The second-order valence-corrected chi connectivity index (χ2v) is 3.24. The summed E-state index contributed by atoms with van der Waals surface area (Å²) in [6, 6.07) is 0. The molecule has 1 amide bonds. The Labute approximate surface area is 81.4 Å². The number of rotatable bonds is 8. The van der Waals surface area contributed by atoms with Gasteiger partial charge in [0.05, 0.1) is 0 Å². The Kier molecular flexibility index (Phi) is 8.73. The zero-order valence-electron chi connectivity index (χ0n) is 8.64. The number of unbranched alkanes of at least 4 members (excludes halogenated alkanes) is 3. The van der Waals surface area contributed by atoms with E-state index in [4.69, 9.17) is 0 Å². The summed E-state index contributed by atoms with van der Waals surface area (Å²) in [6.07, 6.45) is 7.85. The maximum absolute atomic E-state index is 11.1. The first kappa shape index (κ1) is 12.2. The first-order chi connectivity index (χ1) is 6.31. The van der Waals surface area contributed by atoms with Crippen LogP contribution in [0.25, 0.3) is 0 Å². The van der Waals surface area contributed by atoms with Gasteiger partial charge in [0.25, 0.3) is 0 Å². The monoisotopic (exact) mass is 183 g/mol. The van der Waals surface area contributed by atoms with Crippen LogP contribution in [-0.2, 0) is 4.79 Å². The van der Waals surface area contributed by atoms with Gasteiger partial charge in [-0.05, 0) is 25.7 Å². The van der Waals surface area contributed by atoms with Gasteiger partial charge in [-0.3, -0.25) is 4.79 Å². The average molecular weight is 183 g/mol. The van der Waals surface area contributed by atoms with Crippen molar-refractivity contribution in [2.24, 2.45) is 0 Å². The van der Waals surface area contributed by atoms with Crippen LogP contribution < -0.4 is 5.32 Å². The molecular weight excluding hydrogens is 162 g/mol. The molecule has 2 heteroatoms. The van der Waals surface area contributed by atoms with Crippen molar-refractivity contribution >= 4 is 5.91 Å². The van der Waals surface area contributed by atoms with Crippen molar-refractivity contribution in [1.29, 1.82) is 0 Å². The van der Waals surface area contributed by atoms with Gasteiger partial charge < -0.3 is 5.32 Å². The van der Waals surface area contributed by atoms with Crippen LogP contribution >= 0.6 is 0 Å². The molecule has 0 saturated carbocycles. The lowest BCUT2D eigenvalue weighted by atomic mass is 10.2. The highest BCUT2D eigenvalue weighted by molar-refractivity contribution is 5.75. The molecule has 0 saturated heterocycles. The van der Waals surface area contributed by atoms with Crippen molar-refractivity contribution < 1.29 is 4.79 Å². The summed E-state index contributed by atoms with van der Waals surface area (Å²) < 4.78 is 0. The summed E-state index contributed by atoms with van der Waals surface area (Å²) in [7, 11) is 0. The number of hydrogen-bond donors (Lipinski definition) is 1. The Morgan fingerprint density at radius 1 is 1.38 bits per heavy atom. The quantitative estimate of drug-likeness (QED) is 0.455. The predicted octanol–water partition coefficient (Wildman–Crippen LogP) is 2.65. The maximum Gasteiger partial charge on any atom is 0.219 e. The summed E-state index contributed by atoms with van der Waals surface area (Å²) in [5.41, 5.74) is 0. The number of carbonyl (C=O) groups excluding carboxylic acids is 1. The molecular formula is C11H21NO. The van der Waals surface area contributed by atoms with E-state index >= 15 is 0 Å².